The molecule has 0 saturated carbocycles. The molecule has 0 aromatic heterocycles. The van der Waals surface area contributed by atoms with Gasteiger partial charge >= 0.3 is 0 Å². The lowest BCUT2D eigenvalue weighted by atomic mass is 10.0. The molecule has 0 aliphatic carbocycles. The molecule has 6 nitrogen and oxygen atoms in total. The van der Waals surface area contributed by atoms with Gasteiger partial charge in [0.05, 0.1) is 16.7 Å². The fourth-order valence-corrected chi connectivity index (χ4v) is 5.40. The summed E-state index contributed by atoms with van der Waals surface area (Å²) in [6, 6.07) is 6.74. The van der Waals surface area contributed by atoms with Gasteiger partial charge in [-0.15, -0.1) is 0 Å². The third-order valence-corrected chi connectivity index (χ3v) is 7.15. The zero-order chi connectivity index (χ0) is 17.2. The highest BCUT2D eigenvalue weighted by Crippen LogP contribution is 2.28. The molecule has 3 rings (SSSR count). The molecule has 1 N–H and O–H groups in total. The maximum absolute atomic E-state index is 12.8. The van der Waals surface area contributed by atoms with Gasteiger partial charge in [-0.1, -0.05) is 11.6 Å². The molecule has 2 aliphatic heterocycles. The number of nitriles is 1. The van der Waals surface area contributed by atoms with Crippen LogP contribution < -0.4 is 5.32 Å². The van der Waals surface area contributed by atoms with Gasteiger partial charge in [0.15, 0.2) is 0 Å². The van der Waals surface area contributed by atoms with E-state index in [0.29, 0.717) is 24.7 Å². The van der Waals surface area contributed by atoms with E-state index in [1.165, 1.54) is 22.5 Å². The van der Waals surface area contributed by atoms with E-state index in [0.717, 1.165) is 39.0 Å². The number of nitrogens with zero attached hydrogens (tertiary/aromatic N) is 3. The van der Waals surface area contributed by atoms with E-state index in [4.69, 9.17) is 16.9 Å². The van der Waals surface area contributed by atoms with Crippen LogP contribution >= 0.6 is 11.6 Å². The van der Waals surface area contributed by atoms with Gasteiger partial charge < -0.3 is 5.32 Å². The van der Waals surface area contributed by atoms with Gasteiger partial charge in [-0.05, 0) is 31.0 Å². The second-order valence-corrected chi connectivity index (χ2v) is 8.49. The number of hydrogen-bond acceptors (Lipinski definition) is 5. The Morgan fingerprint density at radius 1 is 1.17 bits per heavy atom. The number of benzene rings is 1. The quantitative estimate of drug-likeness (QED) is 0.869. The highest BCUT2D eigenvalue weighted by molar-refractivity contribution is 7.89. The van der Waals surface area contributed by atoms with Crippen molar-refractivity contribution in [3.05, 3.63) is 28.8 Å². The van der Waals surface area contributed by atoms with E-state index in [9.17, 15) is 8.42 Å². The van der Waals surface area contributed by atoms with Crippen molar-refractivity contribution in [2.24, 2.45) is 0 Å². The van der Waals surface area contributed by atoms with Crippen molar-refractivity contribution in [3.63, 3.8) is 0 Å². The van der Waals surface area contributed by atoms with Crippen LogP contribution in [-0.4, -0.2) is 62.9 Å². The van der Waals surface area contributed by atoms with Gasteiger partial charge in [-0.25, -0.2) is 8.42 Å². The average Bonchev–Trinajstić information content (AvgIpc) is 2.62. The van der Waals surface area contributed by atoms with Gasteiger partial charge in [0.2, 0.25) is 10.0 Å². The Kier molecular flexibility index (Phi) is 5.42. The van der Waals surface area contributed by atoms with E-state index >= 15 is 0 Å². The van der Waals surface area contributed by atoms with Gasteiger partial charge in [0, 0.05) is 45.3 Å². The van der Waals surface area contributed by atoms with Crippen LogP contribution in [0.15, 0.2) is 23.1 Å². The number of sulfonamides is 1. The lowest BCUT2D eigenvalue weighted by Crippen LogP contribution is -2.52. The summed E-state index contributed by atoms with van der Waals surface area (Å²) in [4.78, 5) is 2.54. The fraction of sp³-hybridized carbons (Fsp3) is 0.562. The van der Waals surface area contributed by atoms with Crippen LogP contribution in [0.2, 0.25) is 5.02 Å². The zero-order valence-corrected chi connectivity index (χ0v) is 15.0. The summed E-state index contributed by atoms with van der Waals surface area (Å²) in [5, 5.41) is 12.3. The minimum absolute atomic E-state index is 0.0868. The molecule has 2 fully saturated rings. The van der Waals surface area contributed by atoms with Crippen LogP contribution in [0.5, 0.6) is 0 Å². The minimum Gasteiger partial charge on any atom is -0.314 e. The topological polar surface area (TPSA) is 76.4 Å². The Balaban J connectivity index is 1.70. The van der Waals surface area contributed by atoms with Crippen LogP contribution in [0.25, 0.3) is 0 Å². The van der Waals surface area contributed by atoms with E-state index in [-0.39, 0.29) is 9.92 Å². The van der Waals surface area contributed by atoms with E-state index in [1.54, 1.807) is 0 Å². The van der Waals surface area contributed by atoms with Crippen LogP contribution in [-0.2, 0) is 10.0 Å². The zero-order valence-electron chi connectivity index (χ0n) is 13.4. The number of piperazine rings is 1. The summed E-state index contributed by atoms with van der Waals surface area (Å²) >= 11 is 6.09. The molecule has 1 aromatic rings. The molecule has 0 amide bonds. The highest BCUT2D eigenvalue weighted by atomic mass is 35.5. The molecular formula is C16H21ClN4O2S. The lowest BCUT2D eigenvalue weighted by Gasteiger charge is -2.39. The van der Waals surface area contributed by atoms with Gasteiger partial charge in [0.1, 0.15) is 4.90 Å². The number of piperidine rings is 1. The predicted octanol–water partition coefficient (Wildman–Crippen LogP) is 1.27. The number of rotatable bonds is 3. The minimum atomic E-state index is -3.61. The Morgan fingerprint density at radius 3 is 2.42 bits per heavy atom. The lowest BCUT2D eigenvalue weighted by molar-refractivity contribution is 0.125. The number of hydrogen-bond donors (Lipinski definition) is 1. The molecule has 0 spiro atoms. The molecule has 0 bridgehead atoms. The average molecular weight is 369 g/mol. The first-order chi connectivity index (χ1) is 11.5. The Hall–Kier alpha value is -1.17. The molecule has 1 aromatic carbocycles. The van der Waals surface area contributed by atoms with Crippen molar-refractivity contribution in [3.8, 4) is 6.07 Å². The second kappa shape index (κ2) is 7.38. The molecule has 130 valence electrons. The monoisotopic (exact) mass is 368 g/mol. The molecule has 2 heterocycles. The van der Waals surface area contributed by atoms with E-state index in [1.807, 2.05) is 6.07 Å². The van der Waals surface area contributed by atoms with Crippen LogP contribution in [0.4, 0.5) is 0 Å². The summed E-state index contributed by atoms with van der Waals surface area (Å²) in [5.74, 6) is 0. The highest BCUT2D eigenvalue weighted by Gasteiger charge is 2.33. The first kappa shape index (κ1) is 17.6. The predicted molar refractivity (Wildman–Crippen MR) is 92.4 cm³/mol. The first-order valence-electron chi connectivity index (χ1n) is 8.17. The van der Waals surface area contributed by atoms with Crippen molar-refractivity contribution in [2.45, 2.75) is 23.8 Å². The summed E-state index contributed by atoms with van der Waals surface area (Å²) in [6.45, 7) is 5.07. The first-order valence-corrected chi connectivity index (χ1v) is 9.99. The Bertz CT molecular complexity index is 733. The van der Waals surface area contributed by atoms with Gasteiger partial charge in [0.25, 0.3) is 0 Å². The number of nitrogens with one attached hydrogen (secondary N) is 1. The molecule has 24 heavy (non-hydrogen) atoms. The normalized spacial score (nSPS) is 21.5. The van der Waals surface area contributed by atoms with Crippen LogP contribution in [0, 0.1) is 11.3 Å². The van der Waals surface area contributed by atoms with Gasteiger partial charge in [-0.2, -0.15) is 9.57 Å². The SMILES string of the molecule is N#Cc1ccc(S(=O)(=O)N2CCC(N3CCNCC3)CC2)c(Cl)c1. The van der Waals surface area contributed by atoms with Crippen LogP contribution in [0.1, 0.15) is 18.4 Å². The molecule has 2 saturated heterocycles. The standard InChI is InChI=1S/C16H21ClN4O2S/c17-15-11-13(12-18)1-2-16(15)24(22,23)21-7-3-14(4-8-21)20-9-5-19-6-10-20/h1-2,11,14,19H,3-10H2. The Labute approximate surface area is 148 Å². The van der Waals surface area contributed by atoms with Crippen molar-refractivity contribution in [1.82, 2.24) is 14.5 Å². The fourth-order valence-electron chi connectivity index (χ4n) is 3.41. The smallest absolute Gasteiger partial charge is 0.244 e. The summed E-state index contributed by atoms with van der Waals surface area (Å²) in [7, 11) is -3.61. The van der Waals surface area contributed by atoms with Gasteiger partial charge in [-0.3, -0.25) is 4.90 Å². The Morgan fingerprint density at radius 2 is 1.83 bits per heavy atom. The van der Waals surface area contributed by atoms with Crippen molar-refractivity contribution in [2.75, 3.05) is 39.3 Å². The van der Waals surface area contributed by atoms with E-state index in [2.05, 4.69) is 10.2 Å². The third-order valence-electron chi connectivity index (χ3n) is 4.77. The van der Waals surface area contributed by atoms with E-state index < -0.39 is 10.0 Å². The maximum Gasteiger partial charge on any atom is 0.244 e. The molecular weight excluding hydrogens is 348 g/mol. The third kappa shape index (κ3) is 3.58. The summed E-state index contributed by atoms with van der Waals surface area (Å²) < 4.78 is 27.2. The molecule has 0 atom stereocenters. The maximum atomic E-state index is 12.8. The molecule has 0 radical (unpaired) electrons. The molecule has 0 unspecified atom stereocenters. The summed E-state index contributed by atoms with van der Waals surface area (Å²) in [6.07, 6.45) is 1.68. The van der Waals surface area contributed by atoms with Crippen LogP contribution in [0.3, 0.4) is 0 Å². The van der Waals surface area contributed by atoms with Crippen molar-refractivity contribution >= 4 is 21.6 Å². The van der Waals surface area contributed by atoms with Crippen molar-refractivity contribution < 1.29 is 8.42 Å². The second-order valence-electron chi connectivity index (χ2n) is 6.18. The summed E-state index contributed by atoms with van der Waals surface area (Å²) in [5.41, 5.74) is 0.358. The molecule has 2 aliphatic rings. The number of halogens is 1. The largest absolute Gasteiger partial charge is 0.314 e. The molecule has 8 heteroatoms. The van der Waals surface area contributed by atoms with Crippen molar-refractivity contribution in [1.29, 1.82) is 5.26 Å².